The van der Waals surface area contributed by atoms with E-state index in [-0.39, 0.29) is 25.4 Å². The third-order valence-electron chi connectivity index (χ3n) is 4.35. The lowest BCUT2D eigenvalue weighted by Gasteiger charge is -2.21. The Bertz CT molecular complexity index is 331. The summed E-state index contributed by atoms with van der Waals surface area (Å²) in [5.74, 6) is -1.83. The lowest BCUT2D eigenvalue weighted by atomic mass is 9.89. The third kappa shape index (κ3) is 14.5. The molecule has 0 amide bonds. The number of hydrogen-bond donors (Lipinski definition) is 4. The van der Waals surface area contributed by atoms with Crippen LogP contribution in [0.1, 0.15) is 83.5 Å². The fraction of sp³-hybridized carbons (Fsp3) is 0.889. The minimum Gasteiger partial charge on any atom is -0.481 e. The highest BCUT2D eigenvalue weighted by atomic mass is 16.4. The molecule has 0 aromatic heterocycles. The maximum atomic E-state index is 11.0. The van der Waals surface area contributed by atoms with Gasteiger partial charge in [-0.25, -0.2) is 0 Å². The average molecular weight is 346 g/mol. The van der Waals surface area contributed by atoms with Gasteiger partial charge in [-0.2, -0.15) is 0 Å². The van der Waals surface area contributed by atoms with Gasteiger partial charge in [-0.05, 0) is 31.6 Å². The number of hydrogen-bond acceptors (Lipinski definition) is 4. The van der Waals surface area contributed by atoms with Gasteiger partial charge in [0.2, 0.25) is 0 Å². The van der Waals surface area contributed by atoms with Gasteiger partial charge in [-0.1, -0.05) is 44.9 Å². The van der Waals surface area contributed by atoms with Gasteiger partial charge in [-0.3, -0.25) is 9.59 Å². The molecule has 0 rings (SSSR count). The number of rotatable bonds is 17. The molecule has 142 valence electrons. The highest BCUT2D eigenvalue weighted by Gasteiger charge is 2.21. The minimum atomic E-state index is -0.872. The predicted octanol–water partition coefficient (Wildman–Crippen LogP) is 3.20. The van der Waals surface area contributed by atoms with Gasteiger partial charge in [-0.15, -0.1) is 0 Å². The molecule has 0 bridgehead atoms. The molecular formula is C18H34O6. The second-order valence-electron chi connectivity index (χ2n) is 6.55. The van der Waals surface area contributed by atoms with E-state index in [0.29, 0.717) is 19.3 Å². The number of carbonyl (C=O) groups is 2. The smallest absolute Gasteiger partial charge is 0.303 e. The maximum absolute atomic E-state index is 11.0. The highest BCUT2D eigenvalue weighted by molar-refractivity contribution is 5.67. The molecular weight excluding hydrogens is 312 g/mol. The molecule has 0 saturated heterocycles. The molecule has 0 aromatic rings. The van der Waals surface area contributed by atoms with E-state index >= 15 is 0 Å². The van der Waals surface area contributed by atoms with Crippen molar-refractivity contribution in [1.82, 2.24) is 0 Å². The monoisotopic (exact) mass is 346 g/mol. The molecule has 6 nitrogen and oxygen atoms in total. The number of carboxylic acids is 2. The Morgan fingerprint density at radius 2 is 1.25 bits per heavy atom. The molecule has 0 saturated carbocycles. The van der Waals surface area contributed by atoms with Crippen molar-refractivity contribution in [3.63, 3.8) is 0 Å². The molecule has 0 aliphatic carbocycles. The summed E-state index contributed by atoms with van der Waals surface area (Å²) in [5, 5.41) is 36.5. The molecule has 0 fully saturated rings. The molecule has 4 N–H and O–H groups in total. The second kappa shape index (κ2) is 15.4. The fourth-order valence-corrected chi connectivity index (χ4v) is 2.92. The van der Waals surface area contributed by atoms with Crippen LogP contribution in [0.15, 0.2) is 0 Å². The first-order valence-corrected chi connectivity index (χ1v) is 9.20. The first-order chi connectivity index (χ1) is 11.5. The van der Waals surface area contributed by atoms with Crippen LogP contribution >= 0.6 is 0 Å². The SMILES string of the molecule is O=C(O)CCCCCCCCC(CC(=O)O)C(O)CCCCCO. The molecule has 2 atom stereocenters. The summed E-state index contributed by atoms with van der Waals surface area (Å²) in [6, 6.07) is 0. The number of aliphatic carboxylic acids is 2. The number of unbranched alkanes of at least 4 members (excludes halogenated alkanes) is 7. The Hall–Kier alpha value is -1.14. The standard InChI is InChI=1S/C18H34O6/c19-13-9-5-7-11-16(20)15(14-18(23)24)10-6-3-1-2-4-8-12-17(21)22/h15-16,19-20H,1-14H2,(H,21,22)(H,23,24). The Morgan fingerprint density at radius 1 is 0.708 bits per heavy atom. The van der Waals surface area contributed by atoms with Gasteiger partial charge in [0, 0.05) is 13.0 Å². The fourth-order valence-electron chi connectivity index (χ4n) is 2.92. The van der Waals surface area contributed by atoms with Crippen LogP contribution < -0.4 is 0 Å². The summed E-state index contributed by atoms with van der Waals surface area (Å²) < 4.78 is 0. The lowest BCUT2D eigenvalue weighted by molar-refractivity contribution is -0.139. The summed E-state index contributed by atoms with van der Waals surface area (Å²) in [6.07, 6.45) is 8.84. The number of carboxylic acid groups (broad SMARTS) is 2. The van der Waals surface area contributed by atoms with Gasteiger partial charge >= 0.3 is 11.9 Å². The van der Waals surface area contributed by atoms with Gasteiger partial charge < -0.3 is 20.4 Å². The van der Waals surface area contributed by atoms with Crippen molar-refractivity contribution in [2.75, 3.05) is 6.61 Å². The molecule has 2 unspecified atom stereocenters. The van der Waals surface area contributed by atoms with E-state index in [4.69, 9.17) is 15.3 Å². The van der Waals surface area contributed by atoms with Crippen molar-refractivity contribution in [3.8, 4) is 0 Å². The lowest BCUT2D eigenvalue weighted by Crippen LogP contribution is -2.23. The Kier molecular flexibility index (Phi) is 14.7. The van der Waals surface area contributed by atoms with Crippen LogP contribution in [-0.4, -0.2) is 45.1 Å². The van der Waals surface area contributed by atoms with Crippen molar-refractivity contribution in [1.29, 1.82) is 0 Å². The van der Waals surface area contributed by atoms with E-state index in [2.05, 4.69) is 0 Å². The first kappa shape index (κ1) is 22.9. The molecule has 0 aliphatic heterocycles. The summed E-state index contributed by atoms with van der Waals surface area (Å²) in [5.41, 5.74) is 0. The quantitative estimate of drug-likeness (QED) is 0.301. The summed E-state index contributed by atoms with van der Waals surface area (Å²) >= 11 is 0. The van der Waals surface area contributed by atoms with Crippen LogP contribution in [0.5, 0.6) is 0 Å². The van der Waals surface area contributed by atoms with Crippen molar-refractivity contribution in [2.24, 2.45) is 5.92 Å². The van der Waals surface area contributed by atoms with Gasteiger partial charge in [0.05, 0.1) is 12.5 Å². The largest absolute Gasteiger partial charge is 0.481 e. The van der Waals surface area contributed by atoms with Crippen LogP contribution in [0.2, 0.25) is 0 Å². The molecule has 0 spiro atoms. The van der Waals surface area contributed by atoms with E-state index in [1.165, 1.54) is 0 Å². The second-order valence-corrected chi connectivity index (χ2v) is 6.55. The van der Waals surface area contributed by atoms with Crippen molar-refractivity contribution < 1.29 is 30.0 Å². The van der Waals surface area contributed by atoms with E-state index in [1.54, 1.807) is 0 Å². The van der Waals surface area contributed by atoms with Gasteiger partial charge in [0.15, 0.2) is 0 Å². The minimum absolute atomic E-state index is 0.000220. The van der Waals surface area contributed by atoms with E-state index in [1.807, 2.05) is 0 Å². The van der Waals surface area contributed by atoms with Crippen LogP contribution in [0.25, 0.3) is 0 Å². The Labute approximate surface area is 144 Å². The molecule has 0 aliphatic rings. The topological polar surface area (TPSA) is 115 Å². The van der Waals surface area contributed by atoms with Crippen LogP contribution in [0.4, 0.5) is 0 Å². The van der Waals surface area contributed by atoms with Crippen molar-refractivity contribution in [3.05, 3.63) is 0 Å². The van der Waals surface area contributed by atoms with E-state index in [0.717, 1.165) is 51.4 Å². The molecule has 0 radical (unpaired) electrons. The highest BCUT2D eigenvalue weighted by Crippen LogP contribution is 2.22. The summed E-state index contributed by atoms with van der Waals surface area (Å²) in [4.78, 5) is 21.3. The van der Waals surface area contributed by atoms with Crippen molar-refractivity contribution in [2.45, 2.75) is 89.6 Å². The zero-order valence-corrected chi connectivity index (χ0v) is 14.7. The average Bonchev–Trinajstić information content (AvgIpc) is 2.52. The third-order valence-corrected chi connectivity index (χ3v) is 4.35. The normalized spacial score (nSPS) is 13.6. The number of aliphatic hydroxyl groups is 2. The number of aliphatic hydroxyl groups excluding tert-OH is 2. The van der Waals surface area contributed by atoms with Gasteiger partial charge in [0.25, 0.3) is 0 Å². The Balaban J connectivity index is 3.85. The summed E-state index contributed by atoms with van der Waals surface area (Å²) in [6.45, 7) is 0.154. The molecule has 24 heavy (non-hydrogen) atoms. The van der Waals surface area contributed by atoms with E-state index in [9.17, 15) is 14.7 Å². The predicted molar refractivity (Wildman–Crippen MR) is 91.9 cm³/mol. The van der Waals surface area contributed by atoms with Crippen LogP contribution in [-0.2, 0) is 9.59 Å². The molecule has 0 heterocycles. The van der Waals surface area contributed by atoms with Crippen molar-refractivity contribution >= 4 is 11.9 Å². The Morgan fingerprint density at radius 3 is 1.83 bits per heavy atom. The zero-order valence-electron chi connectivity index (χ0n) is 14.7. The van der Waals surface area contributed by atoms with Gasteiger partial charge in [0.1, 0.15) is 0 Å². The van der Waals surface area contributed by atoms with Crippen LogP contribution in [0, 0.1) is 5.92 Å². The van der Waals surface area contributed by atoms with E-state index < -0.39 is 18.0 Å². The molecule has 6 heteroatoms. The summed E-state index contributed by atoms with van der Waals surface area (Å²) in [7, 11) is 0. The van der Waals surface area contributed by atoms with Crippen LogP contribution in [0.3, 0.4) is 0 Å². The molecule has 0 aromatic carbocycles. The first-order valence-electron chi connectivity index (χ1n) is 9.20. The zero-order chi connectivity index (χ0) is 18.2. The maximum Gasteiger partial charge on any atom is 0.303 e.